The maximum atomic E-state index is 6.04. The number of nitrogens with one attached hydrogen (secondary N) is 1. The van der Waals surface area contributed by atoms with Crippen molar-refractivity contribution in [2.75, 3.05) is 11.9 Å². The summed E-state index contributed by atoms with van der Waals surface area (Å²) in [6, 6.07) is 6.14. The first kappa shape index (κ1) is 15.2. The van der Waals surface area contributed by atoms with Crippen LogP contribution in [0.4, 0.5) is 5.69 Å². The van der Waals surface area contributed by atoms with Crippen LogP contribution in [-0.4, -0.2) is 12.6 Å². The van der Waals surface area contributed by atoms with Gasteiger partial charge in [-0.15, -0.1) is 0 Å². The molecule has 0 amide bonds. The van der Waals surface area contributed by atoms with E-state index in [4.69, 9.17) is 16.3 Å². The van der Waals surface area contributed by atoms with Crippen LogP contribution in [0.3, 0.4) is 0 Å². The van der Waals surface area contributed by atoms with Crippen molar-refractivity contribution in [3.8, 4) is 5.75 Å². The first-order chi connectivity index (χ1) is 8.52. The Kier molecular flexibility index (Phi) is 6.34. The third-order valence-corrected chi connectivity index (χ3v) is 2.87. The molecule has 0 heterocycles. The fourth-order valence-electron chi connectivity index (χ4n) is 1.98. The Bertz CT molecular complexity index is 366. The Balaban J connectivity index is 2.74. The number of anilines is 1. The van der Waals surface area contributed by atoms with Crippen molar-refractivity contribution in [1.82, 2.24) is 0 Å². The standard InChI is InChI=1S/C15H24ClNO/c1-5-8-18-15-7-6-13(16)10-14(15)17-12(4)9-11(2)3/h6-7,10-12,17H,5,8-9H2,1-4H3. The molecule has 102 valence electrons. The van der Waals surface area contributed by atoms with Crippen molar-refractivity contribution in [2.45, 2.75) is 46.6 Å². The lowest BCUT2D eigenvalue weighted by molar-refractivity contribution is 0.318. The molecule has 0 saturated heterocycles. The van der Waals surface area contributed by atoms with Crippen molar-refractivity contribution < 1.29 is 4.74 Å². The van der Waals surface area contributed by atoms with Gasteiger partial charge in [0.2, 0.25) is 0 Å². The molecule has 2 nitrogen and oxygen atoms in total. The van der Waals surface area contributed by atoms with Gasteiger partial charge >= 0.3 is 0 Å². The summed E-state index contributed by atoms with van der Waals surface area (Å²) in [5, 5.41) is 4.22. The number of hydrogen-bond donors (Lipinski definition) is 1. The van der Waals surface area contributed by atoms with Crippen molar-refractivity contribution in [3.05, 3.63) is 23.2 Å². The topological polar surface area (TPSA) is 21.3 Å². The molecule has 0 bridgehead atoms. The van der Waals surface area contributed by atoms with Crippen molar-refractivity contribution in [1.29, 1.82) is 0 Å². The minimum Gasteiger partial charge on any atom is -0.491 e. The lowest BCUT2D eigenvalue weighted by Crippen LogP contribution is -2.18. The van der Waals surface area contributed by atoms with E-state index in [9.17, 15) is 0 Å². The summed E-state index contributed by atoms with van der Waals surface area (Å²) >= 11 is 6.04. The van der Waals surface area contributed by atoms with Gasteiger partial charge in [-0.05, 0) is 43.9 Å². The third-order valence-electron chi connectivity index (χ3n) is 2.63. The summed E-state index contributed by atoms with van der Waals surface area (Å²) in [4.78, 5) is 0. The zero-order chi connectivity index (χ0) is 13.5. The van der Waals surface area contributed by atoms with E-state index in [1.54, 1.807) is 0 Å². The van der Waals surface area contributed by atoms with Gasteiger partial charge in [-0.2, -0.15) is 0 Å². The minimum atomic E-state index is 0.410. The van der Waals surface area contributed by atoms with Gasteiger partial charge in [0.15, 0.2) is 0 Å². The minimum absolute atomic E-state index is 0.410. The van der Waals surface area contributed by atoms with Crippen LogP contribution in [0.5, 0.6) is 5.75 Å². The molecular weight excluding hydrogens is 246 g/mol. The van der Waals surface area contributed by atoms with Gasteiger partial charge in [0.25, 0.3) is 0 Å². The van der Waals surface area contributed by atoms with E-state index in [1.807, 2.05) is 18.2 Å². The molecule has 0 fully saturated rings. The van der Waals surface area contributed by atoms with Gasteiger partial charge in [0.05, 0.1) is 12.3 Å². The second kappa shape index (κ2) is 7.52. The van der Waals surface area contributed by atoms with E-state index in [0.717, 1.165) is 35.9 Å². The van der Waals surface area contributed by atoms with Gasteiger partial charge in [0, 0.05) is 11.1 Å². The molecule has 0 aliphatic heterocycles. The molecule has 1 N–H and O–H groups in total. The summed E-state index contributed by atoms with van der Waals surface area (Å²) < 4.78 is 5.73. The molecule has 3 heteroatoms. The largest absolute Gasteiger partial charge is 0.491 e. The smallest absolute Gasteiger partial charge is 0.142 e. The highest BCUT2D eigenvalue weighted by atomic mass is 35.5. The summed E-state index contributed by atoms with van der Waals surface area (Å²) in [5.41, 5.74) is 0.990. The predicted octanol–water partition coefficient (Wildman–Crippen LogP) is 4.98. The van der Waals surface area contributed by atoms with E-state index in [0.29, 0.717) is 12.0 Å². The molecule has 1 aromatic rings. The first-order valence-electron chi connectivity index (χ1n) is 6.71. The van der Waals surface area contributed by atoms with Gasteiger partial charge in [-0.25, -0.2) is 0 Å². The Morgan fingerprint density at radius 1 is 1.28 bits per heavy atom. The van der Waals surface area contributed by atoms with E-state index in [-0.39, 0.29) is 0 Å². The highest BCUT2D eigenvalue weighted by molar-refractivity contribution is 6.30. The summed E-state index contributed by atoms with van der Waals surface area (Å²) in [5.74, 6) is 1.56. The van der Waals surface area contributed by atoms with Gasteiger partial charge in [-0.1, -0.05) is 32.4 Å². The number of ether oxygens (including phenoxy) is 1. The van der Waals surface area contributed by atoms with Crippen LogP contribution in [0, 0.1) is 5.92 Å². The normalized spacial score (nSPS) is 12.6. The van der Waals surface area contributed by atoms with E-state index >= 15 is 0 Å². The first-order valence-corrected chi connectivity index (χ1v) is 7.09. The maximum absolute atomic E-state index is 6.04. The number of halogens is 1. The van der Waals surface area contributed by atoms with Crippen LogP contribution >= 0.6 is 11.6 Å². The fraction of sp³-hybridized carbons (Fsp3) is 0.600. The highest BCUT2D eigenvalue weighted by Gasteiger charge is 2.09. The predicted molar refractivity (Wildman–Crippen MR) is 79.8 cm³/mol. The lowest BCUT2D eigenvalue weighted by atomic mass is 10.1. The lowest BCUT2D eigenvalue weighted by Gasteiger charge is -2.20. The van der Waals surface area contributed by atoms with Crippen LogP contribution in [-0.2, 0) is 0 Å². The zero-order valence-electron chi connectivity index (χ0n) is 11.8. The molecule has 0 spiro atoms. The molecule has 0 aliphatic carbocycles. The van der Waals surface area contributed by atoms with Crippen LogP contribution in [0.25, 0.3) is 0 Å². The molecule has 18 heavy (non-hydrogen) atoms. The van der Waals surface area contributed by atoms with Crippen LogP contribution in [0.1, 0.15) is 40.5 Å². The fourth-order valence-corrected chi connectivity index (χ4v) is 2.16. The quantitative estimate of drug-likeness (QED) is 0.754. The van der Waals surface area contributed by atoms with Gasteiger partial charge in [-0.3, -0.25) is 0 Å². The van der Waals surface area contributed by atoms with Crippen molar-refractivity contribution in [2.24, 2.45) is 5.92 Å². The van der Waals surface area contributed by atoms with Crippen LogP contribution in [0.2, 0.25) is 5.02 Å². The Labute approximate surface area is 116 Å². The molecule has 1 unspecified atom stereocenters. The second-order valence-electron chi connectivity index (χ2n) is 5.16. The maximum Gasteiger partial charge on any atom is 0.142 e. The monoisotopic (exact) mass is 269 g/mol. The Hall–Kier alpha value is -0.890. The molecule has 1 aromatic carbocycles. The average Bonchev–Trinajstić information content (AvgIpc) is 2.26. The highest BCUT2D eigenvalue weighted by Crippen LogP contribution is 2.29. The average molecular weight is 270 g/mol. The van der Waals surface area contributed by atoms with Crippen molar-refractivity contribution >= 4 is 17.3 Å². The number of rotatable bonds is 7. The summed E-state index contributed by atoms with van der Waals surface area (Å²) in [6.07, 6.45) is 2.13. The number of hydrogen-bond acceptors (Lipinski definition) is 2. The Morgan fingerprint density at radius 3 is 2.61 bits per heavy atom. The summed E-state index contributed by atoms with van der Waals surface area (Å²) in [7, 11) is 0. The molecule has 1 rings (SSSR count). The molecule has 0 aromatic heterocycles. The zero-order valence-corrected chi connectivity index (χ0v) is 12.6. The van der Waals surface area contributed by atoms with E-state index < -0.39 is 0 Å². The molecular formula is C15H24ClNO. The summed E-state index contributed by atoms with van der Waals surface area (Å²) in [6.45, 7) is 9.47. The second-order valence-corrected chi connectivity index (χ2v) is 5.60. The van der Waals surface area contributed by atoms with E-state index in [1.165, 1.54) is 0 Å². The number of benzene rings is 1. The molecule has 1 atom stereocenters. The molecule has 0 saturated carbocycles. The van der Waals surface area contributed by atoms with Gasteiger partial charge in [0.1, 0.15) is 5.75 Å². The van der Waals surface area contributed by atoms with Crippen LogP contribution in [0.15, 0.2) is 18.2 Å². The third kappa shape index (κ3) is 5.18. The molecule has 0 radical (unpaired) electrons. The van der Waals surface area contributed by atoms with Crippen LogP contribution < -0.4 is 10.1 Å². The Morgan fingerprint density at radius 2 is 2.00 bits per heavy atom. The van der Waals surface area contributed by atoms with Gasteiger partial charge < -0.3 is 10.1 Å². The van der Waals surface area contributed by atoms with E-state index in [2.05, 4.69) is 33.0 Å². The SMILES string of the molecule is CCCOc1ccc(Cl)cc1NC(C)CC(C)C. The molecule has 0 aliphatic rings. The van der Waals surface area contributed by atoms with Crippen molar-refractivity contribution in [3.63, 3.8) is 0 Å².